The van der Waals surface area contributed by atoms with Gasteiger partial charge in [0.1, 0.15) is 0 Å². The van der Waals surface area contributed by atoms with Crippen LogP contribution in [0.1, 0.15) is 7.43 Å². The summed E-state index contributed by atoms with van der Waals surface area (Å²) >= 11 is 0. The van der Waals surface area contributed by atoms with Gasteiger partial charge in [-0.3, -0.25) is 0 Å². The molecular formula is C14H43Y6-13. The minimum Gasteiger partial charge on any atom is -0.358 e. The summed E-state index contributed by atoms with van der Waals surface area (Å²) in [6.45, 7) is 0. The molecule has 130 valence electrons. The molecule has 0 rings (SSSR count). The summed E-state index contributed by atoms with van der Waals surface area (Å²) in [5.41, 5.74) is 0. The maximum absolute atomic E-state index is 0. The first kappa shape index (κ1) is 398. The third kappa shape index (κ3) is 313. The quantitative estimate of drug-likeness (QED) is 0.250. The molecule has 0 aromatic carbocycles. The van der Waals surface area contributed by atoms with Gasteiger partial charge in [0.05, 0.1) is 0 Å². The summed E-state index contributed by atoms with van der Waals surface area (Å²) in [7, 11) is 0. The molecule has 0 unspecified atom stereocenters. The Balaban J connectivity index is 0. The normalized spacial score (nSPS) is 0. The molecule has 0 aliphatic carbocycles. The number of rotatable bonds is 0. The SMILES string of the molecule is C.[CH3-].[CH3-].[CH3-].[CH3-].[CH3-].[CH3-].[CH3-].[CH3-].[CH3-].[CH3-].[CH3-].[CH3-].[CH3-].[Y].[Y].[Y].[Y].[Y].[Y]. The molecule has 0 heterocycles. The second kappa shape index (κ2) is 354. The smallest absolute Gasteiger partial charge is 0 e. The Morgan fingerprint density at radius 1 is 0.150 bits per heavy atom. The van der Waals surface area contributed by atoms with Crippen LogP contribution in [-0.2, 0) is 196 Å². The Morgan fingerprint density at radius 3 is 0.150 bits per heavy atom. The van der Waals surface area contributed by atoms with Crippen molar-refractivity contribution in [3.05, 3.63) is 96.5 Å². The molecule has 0 aliphatic rings. The summed E-state index contributed by atoms with van der Waals surface area (Å²) in [4.78, 5) is 0. The van der Waals surface area contributed by atoms with Crippen molar-refractivity contribution in [2.24, 2.45) is 0 Å². The monoisotopic (exact) mass is 745 g/mol. The van der Waals surface area contributed by atoms with Gasteiger partial charge in [-0.15, -0.1) is 0 Å². The van der Waals surface area contributed by atoms with Crippen molar-refractivity contribution < 1.29 is 196 Å². The molecule has 6 radical (unpaired) electrons. The third-order valence-corrected chi connectivity index (χ3v) is 0. The van der Waals surface area contributed by atoms with Crippen LogP contribution >= 0.6 is 0 Å². The van der Waals surface area contributed by atoms with E-state index in [-0.39, 0.29) is 300 Å². The zero-order chi connectivity index (χ0) is 0. The summed E-state index contributed by atoms with van der Waals surface area (Å²) in [5, 5.41) is 0. The van der Waals surface area contributed by atoms with Gasteiger partial charge in [-0.2, -0.15) is 0 Å². The van der Waals surface area contributed by atoms with E-state index in [4.69, 9.17) is 0 Å². The first-order chi connectivity index (χ1) is 0. The van der Waals surface area contributed by atoms with Crippen LogP contribution < -0.4 is 0 Å². The fraction of sp³-hybridized carbons (Fsp3) is 0.0714. The van der Waals surface area contributed by atoms with Gasteiger partial charge >= 0.3 is 0 Å². The van der Waals surface area contributed by atoms with E-state index in [1.54, 1.807) is 0 Å². The third-order valence-electron chi connectivity index (χ3n) is 0. The van der Waals surface area contributed by atoms with Crippen LogP contribution in [0.15, 0.2) is 0 Å². The summed E-state index contributed by atoms with van der Waals surface area (Å²) < 4.78 is 0. The van der Waals surface area contributed by atoms with Crippen molar-refractivity contribution >= 4 is 0 Å². The topological polar surface area (TPSA) is 0 Å². The molecule has 0 aromatic rings. The van der Waals surface area contributed by atoms with Gasteiger partial charge in [0.25, 0.3) is 0 Å². The van der Waals surface area contributed by atoms with Gasteiger partial charge < -0.3 is 96.5 Å². The summed E-state index contributed by atoms with van der Waals surface area (Å²) in [6.07, 6.45) is 0. The van der Waals surface area contributed by atoms with E-state index in [1.807, 2.05) is 0 Å². The number of hydrogen-bond acceptors (Lipinski definition) is 0. The van der Waals surface area contributed by atoms with E-state index in [0.717, 1.165) is 0 Å². The Kier molecular flexibility index (Phi) is 7060. The van der Waals surface area contributed by atoms with Crippen molar-refractivity contribution in [1.29, 1.82) is 0 Å². The molecule has 20 heavy (non-hydrogen) atoms. The minimum absolute atomic E-state index is 0. The van der Waals surface area contributed by atoms with E-state index < -0.39 is 0 Å². The molecule has 0 atom stereocenters. The molecule has 0 aliphatic heterocycles. The van der Waals surface area contributed by atoms with Crippen LogP contribution in [0, 0.1) is 96.5 Å². The molecule has 0 fully saturated rings. The Morgan fingerprint density at radius 2 is 0.150 bits per heavy atom. The molecule has 0 spiro atoms. The van der Waals surface area contributed by atoms with Gasteiger partial charge in [0.2, 0.25) is 0 Å². The molecule has 0 amide bonds. The van der Waals surface area contributed by atoms with E-state index in [0.29, 0.717) is 0 Å². The molecule has 0 bridgehead atoms. The van der Waals surface area contributed by atoms with E-state index in [2.05, 4.69) is 0 Å². The van der Waals surface area contributed by atoms with Crippen LogP contribution in [-0.4, -0.2) is 0 Å². The Bertz CT molecular complexity index is 17.6. The van der Waals surface area contributed by atoms with E-state index >= 15 is 0 Å². The first-order valence-electron chi connectivity index (χ1n) is 0. The molecule has 0 N–H and O–H groups in total. The predicted octanol–water partition coefficient (Wildman–Crippen LogP) is 6.47. The van der Waals surface area contributed by atoms with Crippen LogP contribution in [0.5, 0.6) is 0 Å². The molecule has 6 heteroatoms. The fourth-order valence-corrected chi connectivity index (χ4v) is 0. The van der Waals surface area contributed by atoms with Gasteiger partial charge in [-0.1, -0.05) is 7.43 Å². The van der Waals surface area contributed by atoms with Crippen molar-refractivity contribution in [3.8, 4) is 0 Å². The Labute approximate surface area is 293 Å². The van der Waals surface area contributed by atoms with Gasteiger partial charge in [0, 0.05) is 196 Å². The number of hydrogen-bond donors (Lipinski definition) is 0. The summed E-state index contributed by atoms with van der Waals surface area (Å²) in [5.74, 6) is 0. The zero-order valence-electron chi connectivity index (χ0n) is 16.5. The standard InChI is InChI=1S/CH4.13CH3.6Y/h1H4;13*1H3;;;;;;/q;13*-1;;;;;;. The molecular weight excluding hydrogens is 702 g/mol. The average molecular weight is 745 g/mol. The van der Waals surface area contributed by atoms with Gasteiger partial charge in [-0.05, 0) is 0 Å². The average Bonchev–Trinajstić information content (AvgIpc) is 0. The van der Waals surface area contributed by atoms with Crippen molar-refractivity contribution in [2.75, 3.05) is 0 Å². The second-order valence-electron chi connectivity index (χ2n) is 0. The Hall–Kier alpha value is 6.62. The van der Waals surface area contributed by atoms with Gasteiger partial charge in [0.15, 0.2) is 0 Å². The van der Waals surface area contributed by atoms with Crippen molar-refractivity contribution in [3.63, 3.8) is 0 Å². The maximum atomic E-state index is 0. The second-order valence-corrected chi connectivity index (χ2v) is 0. The predicted molar refractivity (Wildman–Crippen MR) is 90.1 cm³/mol. The fourth-order valence-electron chi connectivity index (χ4n) is 0. The van der Waals surface area contributed by atoms with Crippen molar-refractivity contribution in [1.82, 2.24) is 0 Å². The molecule has 0 saturated carbocycles. The molecule has 0 aromatic heterocycles. The van der Waals surface area contributed by atoms with Gasteiger partial charge in [-0.25, -0.2) is 0 Å². The summed E-state index contributed by atoms with van der Waals surface area (Å²) in [6, 6.07) is 0. The van der Waals surface area contributed by atoms with E-state index in [1.165, 1.54) is 0 Å². The van der Waals surface area contributed by atoms with E-state index in [9.17, 15) is 0 Å². The zero-order valence-corrected chi connectivity index (χ0v) is 33.5. The van der Waals surface area contributed by atoms with Crippen molar-refractivity contribution in [2.45, 2.75) is 7.43 Å². The van der Waals surface area contributed by atoms with Crippen LogP contribution in [0.4, 0.5) is 0 Å². The van der Waals surface area contributed by atoms with Crippen LogP contribution in [0.25, 0.3) is 0 Å². The maximum Gasteiger partial charge on any atom is 0 e. The van der Waals surface area contributed by atoms with Crippen LogP contribution in [0.2, 0.25) is 0 Å². The molecule has 0 saturated heterocycles. The first-order valence-corrected chi connectivity index (χ1v) is 0. The molecule has 0 nitrogen and oxygen atoms in total. The minimum atomic E-state index is 0. The largest absolute Gasteiger partial charge is 0.358 e. The van der Waals surface area contributed by atoms with Crippen LogP contribution in [0.3, 0.4) is 0 Å².